The van der Waals surface area contributed by atoms with Gasteiger partial charge in [-0.3, -0.25) is 14.8 Å². The number of carbonyl (C=O) groups excluding carboxylic acids is 1. The van der Waals surface area contributed by atoms with Gasteiger partial charge in [-0.15, -0.1) is 11.8 Å². The Hall–Kier alpha value is -3.66. The van der Waals surface area contributed by atoms with Gasteiger partial charge in [-0.1, -0.05) is 109 Å². The fourth-order valence-corrected chi connectivity index (χ4v) is 10.0. The minimum absolute atomic E-state index is 0.0551. The lowest BCUT2D eigenvalue weighted by Crippen LogP contribution is -2.53. The van der Waals surface area contributed by atoms with Crippen LogP contribution in [0.2, 0.25) is 5.02 Å². The molecule has 7 rings (SSSR count). The molecule has 9 heteroatoms. The molecule has 1 N–H and O–H groups in total. The quantitative estimate of drug-likeness (QED) is 0.142. The number of nitrogens with one attached hydrogen (secondary N) is 1. The minimum Gasteiger partial charge on any atom is -0.444 e. The number of aromatic nitrogens is 1. The first-order chi connectivity index (χ1) is 26.1. The van der Waals surface area contributed by atoms with Gasteiger partial charge in [0.2, 0.25) is 0 Å². The van der Waals surface area contributed by atoms with Crippen molar-refractivity contribution < 1.29 is 9.53 Å². The van der Waals surface area contributed by atoms with Crippen LogP contribution in [0.1, 0.15) is 65.9 Å². The van der Waals surface area contributed by atoms with Crippen LogP contribution in [0.3, 0.4) is 0 Å². The number of thioether (sulfide) groups is 1. The summed E-state index contributed by atoms with van der Waals surface area (Å²) in [4.78, 5) is 23.5. The largest absolute Gasteiger partial charge is 0.444 e. The minimum atomic E-state index is -0.603. The predicted molar refractivity (Wildman–Crippen MR) is 225 cm³/mol. The Labute approximate surface area is 337 Å². The van der Waals surface area contributed by atoms with Crippen molar-refractivity contribution in [1.82, 2.24) is 20.1 Å². The van der Waals surface area contributed by atoms with Crippen molar-refractivity contribution in [2.45, 2.75) is 56.0 Å². The molecule has 0 unspecified atom stereocenters. The molecule has 1 saturated heterocycles. The second kappa shape index (κ2) is 17.0. The molecule has 0 bridgehead atoms. The zero-order valence-corrected chi connectivity index (χ0v) is 34.3. The highest BCUT2D eigenvalue weighted by Gasteiger charge is 2.39. The average molecular weight is 824 g/mol. The number of alkyl carbamates (subject to hydrolysis) is 1. The summed E-state index contributed by atoms with van der Waals surface area (Å²) in [5.41, 5.74) is 7.99. The van der Waals surface area contributed by atoms with E-state index < -0.39 is 10.3 Å². The third kappa shape index (κ3) is 8.90. The molecule has 5 aromatic rings. The van der Waals surface area contributed by atoms with Crippen LogP contribution in [0.15, 0.2) is 126 Å². The molecule has 1 fully saturated rings. The van der Waals surface area contributed by atoms with E-state index in [-0.39, 0.29) is 18.2 Å². The Kier molecular flexibility index (Phi) is 12.2. The van der Waals surface area contributed by atoms with E-state index in [4.69, 9.17) is 21.3 Å². The van der Waals surface area contributed by atoms with Gasteiger partial charge < -0.3 is 10.1 Å². The number of ether oxygens (including phenoxy) is 1. The molecule has 0 radical (unpaired) electrons. The zero-order chi connectivity index (χ0) is 37.7. The predicted octanol–water partition coefficient (Wildman–Crippen LogP) is 9.92. The van der Waals surface area contributed by atoms with Gasteiger partial charge in [-0.25, -0.2) is 4.79 Å². The fraction of sp³-hybridized carbons (Fsp3) is 0.333. The lowest BCUT2D eigenvalue weighted by molar-refractivity contribution is 0.0482. The van der Waals surface area contributed by atoms with Gasteiger partial charge in [0.15, 0.2) is 0 Å². The molecule has 6 nitrogen and oxygen atoms in total. The number of aryl methyl sites for hydroxylation is 2. The Morgan fingerprint density at radius 2 is 1.43 bits per heavy atom. The van der Waals surface area contributed by atoms with Crippen LogP contribution in [0, 0.1) is 0 Å². The van der Waals surface area contributed by atoms with E-state index in [0.717, 1.165) is 54.2 Å². The van der Waals surface area contributed by atoms with Gasteiger partial charge in [-0.2, -0.15) is 0 Å². The van der Waals surface area contributed by atoms with Crippen LogP contribution in [-0.2, 0) is 22.3 Å². The molecule has 54 heavy (non-hydrogen) atoms. The number of amides is 1. The molecule has 1 aromatic heterocycles. The highest BCUT2D eigenvalue weighted by atomic mass is 79.9. The summed E-state index contributed by atoms with van der Waals surface area (Å²) < 4.78 is 6.34. The summed E-state index contributed by atoms with van der Waals surface area (Å²) in [5, 5.41) is 4.08. The highest BCUT2D eigenvalue weighted by Crippen LogP contribution is 2.48. The number of carbonyl (C=O) groups is 1. The molecular formula is C45H48BrClN4O2S. The number of rotatable bonds is 10. The number of hydrogen-bond acceptors (Lipinski definition) is 6. The highest BCUT2D eigenvalue weighted by molar-refractivity contribution is 9.10. The number of hydrogen-bond donors (Lipinski definition) is 1. The van der Waals surface area contributed by atoms with E-state index in [0.29, 0.717) is 12.3 Å². The molecule has 0 saturated carbocycles. The lowest BCUT2D eigenvalue weighted by atomic mass is 9.84. The van der Waals surface area contributed by atoms with Gasteiger partial charge in [0.1, 0.15) is 5.60 Å². The van der Waals surface area contributed by atoms with E-state index >= 15 is 0 Å². The third-order valence-corrected chi connectivity index (χ3v) is 12.7. The second-order valence-electron chi connectivity index (χ2n) is 15.2. The Balaban J connectivity index is 1.15. The molecule has 4 aromatic carbocycles. The number of piperazine rings is 1. The van der Waals surface area contributed by atoms with E-state index in [2.05, 4.69) is 140 Å². The average Bonchev–Trinajstić information content (AvgIpc) is 3.32. The smallest absolute Gasteiger partial charge is 0.407 e. The molecule has 1 amide bonds. The number of nitrogens with zero attached hydrogens (tertiary/aromatic N) is 3. The topological polar surface area (TPSA) is 57.7 Å². The third-order valence-electron chi connectivity index (χ3n) is 10.3. The molecule has 2 atom stereocenters. The maximum absolute atomic E-state index is 13.4. The SMILES string of the molecule is CC(C)(C)OC(=O)N[C@@H](CSC(c1ccccc1)(c1ccccc1)c1ccccc1)CN1CCN([C@@H]2c3ccc(Cl)cc3CCc3cc(Br)cnc32)CC1. The molecule has 2 heterocycles. The maximum atomic E-state index is 13.4. The number of pyridine rings is 1. The molecular weight excluding hydrogens is 776 g/mol. The van der Waals surface area contributed by atoms with Gasteiger partial charge in [0.25, 0.3) is 0 Å². The monoisotopic (exact) mass is 822 g/mol. The van der Waals surface area contributed by atoms with Crippen molar-refractivity contribution in [1.29, 1.82) is 0 Å². The van der Waals surface area contributed by atoms with Crippen molar-refractivity contribution in [3.8, 4) is 0 Å². The van der Waals surface area contributed by atoms with E-state index in [1.165, 1.54) is 33.4 Å². The van der Waals surface area contributed by atoms with Crippen LogP contribution in [0.25, 0.3) is 0 Å². The van der Waals surface area contributed by atoms with Crippen molar-refractivity contribution in [2.24, 2.45) is 0 Å². The van der Waals surface area contributed by atoms with Crippen LogP contribution < -0.4 is 5.32 Å². The maximum Gasteiger partial charge on any atom is 0.407 e. The van der Waals surface area contributed by atoms with E-state index in [1.807, 2.05) is 44.8 Å². The van der Waals surface area contributed by atoms with Crippen molar-refractivity contribution in [2.75, 3.05) is 38.5 Å². The summed E-state index contributed by atoms with van der Waals surface area (Å²) in [6.07, 6.45) is 3.40. The van der Waals surface area contributed by atoms with Crippen molar-refractivity contribution >= 4 is 45.4 Å². The Morgan fingerprint density at radius 3 is 2.00 bits per heavy atom. The van der Waals surface area contributed by atoms with Crippen LogP contribution >= 0.6 is 39.3 Å². The summed E-state index contributed by atoms with van der Waals surface area (Å²) in [5.74, 6) is 0.668. The van der Waals surface area contributed by atoms with Crippen molar-refractivity contribution in [3.05, 3.63) is 170 Å². The summed E-state index contributed by atoms with van der Waals surface area (Å²) in [6, 6.07) is 40.6. The first-order valence-corrected chi connectivity index (χ1v) is 20.9. The van der Waals surface area contributed by atoms with Crippen molar-refractivity contribution in [3.63, 3.8) is 0 Å². The first-order valence-electron chi connectivity index (χ1n) is 18.8. The molecule has 1 aliphatic heterocycles. The molecule has 280 valence electrons. The standard InChI is InChI=1S/C45H48BrClN4O2S/c1-44(2,3)53-43(52)49-39(31-54-45(34-13-7-4-8-14-34,35-15-9-5-10-16-35)36-17-11-6-12-18-36)30-50-23-25-51(26-24-50)42-40-22-21-38(47)28-32(40)19-20-33-27-37(46)29-48-41(33)42/h4-18,21-22,27-29,39,42H,19-20,23-26,30-31H2,1-3H3,(H,49,52)/t39-,42-/m1/s1. The summed E-state index contributed by atoms with van der Waals surface area (Å²) in [6.45, 7) is 9.90. The van der Waals surface area contributed by atoms with Gasteiger partial charge in [0, 0.05) is 54.2 Å². The number of fused-ring (bicyclic) bond motifs is 2. The fourth-order valence-electron chi connectivity index (χ4n) is 7.91. The zero-order valence-electron chi connectivity index (χ0n) is 31.2. The van der Waals surface area contributed by atoms with E-state index in [9.17, 15) is 4.79 Å². The first kappa shape index (κ1) is 38.6. The molecule has 2 aliphatic rings. The van der Waals surface area contributed by atoms with Gasteiger partial charge in [0.05, 0.1) is 22.5 Å². The summed E-state index contributed by atoms with van der Waals surface area (Å²) >= 11 is 12.0. The lowest BCUT2D eigenvalue weighted by Gasteiger charge is -2.41. The normalized spacial score (nSPS) is 17.2. The van der Waals surface area contributed by atoms with Crippen LogP contribution in [0.5, 0.6) is 0 Å². The van der Waals surface area contributed by atoms with Crippen LogP contribution in [0.4, 0.5) is 4.79 Å². The number of halogens is 2. The summed E-state index contributed by atoms with van der Waals surface area (Å²) in [7, 11) is 0. The Morgan fingerprint density at radius 1 is 0.852 bits per heavy atom. The molecule has 0 spiro atoms. The van der Waals surface area contributed by atoms with E-state index in [1.54, 1.807) is 0 Å². The second-order valence-corrected chi connectivity index (χ2v) is 17.8. The van der Waals surface area contributed by atoms with Gasteiger partial charge >= 0.3 is 6.09 Å². The van der Waals surface area contributed by atoms with Crippen LogP contribution in [-0.4, -0.2) is 71.0 Å². The number of benzene rings is 4. The van der Waals surface area contributed by atoms with Gasteiger partial charge in [-0.05, 0) is 101 Å². The molecule has 1 aliphatic carbocycles. The Bertz CT molecular complexity index is 1870.